The van der Waals surface area contributed by atoms with Crippen LogP contribution in [0, 0.1) is 11.3 Å². The van der Waals surface area contributed by atoms with Crippen molar-refractivity contribution in [1.82, 2.24) is 0 Å². The highest BCUT2D eigenvalue weighted by molar-refractivity contribution is 9.10. The van der Waals surface area contributed by atoms with E-state index >= 15 is 0 Å². The number of hydrogen-bond donors (Lipinski definition) is 0. The van der Waals surface area contributed by atoms with Gasteiger partial charge < -0.3 is 0 Å². The van der Waals surface area contributed by atoms with Crippen LogP contribution in [-0.2, 0) is 6.42 Å². The average Bonchev–Trinajstić information content (AvgIpc) is 2.55. The Balaban J connectivity index is 2.87. The van der Waals surface area contributed by atoms with Crippen LogP contribution in [-0.4, -0.2) is 0 Å². The molecule has 0 aliphatic rings. The molecule has 0 spiro atoms. The molecule has 2 rings (SSSR count). The van der Waals surface area contributed by atoms with Gasteiger partial charge in [-0.2, -0.15) is 5.26 Å². The molecule has 1 aromatic carbocycles. The van der Waals surface area contributed by atoms with Crippen molar-refractivity contribution in [2.45, 2.75) is 13.3 Å². The van der Waals surface area contributed by atoms with Gasteiger partial charge in [0.25, 0.3) is 0 Å². The standard InChI is InChI=1S/C11H8BrNS/c1-2-8-11(12)10-7(6-13)4-3-5-9(10)14-8/h3-5H,2H2,1H3. The van der Waals surface area contributed by atoms with Crippen LogP contribution >= 0.6 is 27.3 Å². The Morgan fingerprint density at radius 1 is 1.50 bits per heavy atom. The number of halogens is 1. The Labute approximate surface area is 95.1 Å². The maximum Gasteiger partial charge on any atom is 0.0998 e. The summed E-state index contributed by atoms with van der Waals surface area (Å²) in [5.74, 6) is 0. The lowest BCUT2D eigenvalue weighted by Crippen LogP contribution is -1.76. The first-order valence-corrected chi connectivity index (χ1v) is 5.99. The van der Waals surface area contributed by atoms with Gasteiger partial charge in [0.2, 0.25) is 0 Å². The summed E-state index contributed by atoms with van der Waals surface area (Å²) in [5, 5.41) is 10.0. The topological polar surface area (TPSA) is 23.8 Å². The maximum atomic E-state index is 8.98. The van der Waals surface area contributed by atoms with Crippen LogP contribution in [0.4, 0.5) is 0 Å². The summed E-state index contributed by atoms with van der Waals surface area (Å²) in [5.41, 5.74) is 0.755. The van der Waals surface area contributed by atoms with Crippen molar-refractivity contribution in [3.63, 3.8) is 0 Å². The molecule has 0 unspecified atom stereocenters. The van der Waals surface area contributed by atoms with E-state index in [2.05, 4.69) is 35.0 Å². The van der Waals surface area contributed by atoms with Crippen molar-refractivity contribution >= 4 is 37.4 Å². The Morgan fingerprint density at radius 3 is 2.93 bits per heavy atom. The monoisotopic (exact) mass is 265 g/mol. The molecule has 0 radical (unpaired) electrons. The van der Waals surface area contributed by atoms with Crippen LogP contribution in [0.15, 0.2) is 22.7 Å². The third-order valence-electron chi connectivity index (χ3n) is 2.17. The highest BCUT2D eigenvalue weighted by Gasteiger charge is 2.11. The molecule has 0 fully saturated rings. The number of aryl methyl sites for hydroxylation is 1. The van der Waals surface area contributed by atoms with Crippen LogP contribution in [0.5, 0.6) is 0 Å². The molecule has 70 valence electrons. The molecule has 0 amide bonds. The lowest BCUT2D eigenvalue weighted by Gasteiger charge is -1.93. The molecule has 0 aliphatic heterocycles. The molecule has 1 aromatic heterocycles. The van der Waals surface area contributed by atoms with Gasteiger partial charge in [-0.05, 0) is 34.5 Å². The molecule has 14 heavy (non-hydrogen) atoms. The second-order valence-electron chi connectivity index (χ2n) is 2.98. The molecule has 0 N–H and O–H groups in total. The van der Waals surface area contributed by atoms with E-state index in [0.29, 0.717) is 0 Å². The summed E-state index contributed by atoms with van der Waals surface area (Å²) in [6, 6.07) is 8.08. The summed E-state index contributed by atoms with van der Waals surface area (Å²) in [4.78, 5) is 1.31. The highest BCUT2D eigenvalue weighted by Crippen LogP contribution is 2.37. The zero-order chi connectivity index (χ0) is 10.1. The number of fused-ring (bicyclic) bond motifs is 1. The van der Waals surface area contributed by atoms with E-state index in [1.165, 1.54) is 9.58 Å². The second-order valence-corrected chi connectivity index (χ2v) is 4.91. The summed E-state index contributed by atoms with van der Waals surface area (Å²) in [7, 11) is 0. The van der Waals surface area contributed by atoms with Crippen LogP contribution in [0.2, 0.25) is 0 Å². The Kier molecular flexibility index (Phi) is 2.58. The minimum atomic E-state index is 0.755. The number of nitrogens with zero attached hydrogens (tertiary/aromatic N) is 1. The van der Waals surface area contributed by atoms with E-state index in [-0.39, 0.29) is 0 Å². The van der Waals surface area contributed by atoms with Crippen molar-refractivity contribution in [3.8, 4) is 6.07 Å². The van der Waals surface area contributed by atoms with Crippen molar-refractivity contribution in [1.29, 1.82) is 5.26 Å². The first kappa shape index (κ1) is 9.70. The van der Waals surface area contributed by atoms with Gasteiger partial charge in [-0.1, -0.05) is 13.0 Å². The predicted molar refractivity (Wildman–Crippen MR) is 63.6 cm³/mol. The number of rotatable bonds is 1. The lowest BCUT2D eigenvalue weighted by molar-refractivity contribution is 1.18. The maximum absolute atomic E-state index is 8.98. The molecule has 3 heteroatoms. The van der Waals surface area contributed by atoms with Gasteiger partial charge in [-0.25, -0.2) is 0 Å². The zero-order valence-corrected chi connectivity index (χ0v) is 10.1. The van der Waals surface area contributed by atoms with Gasteiger partial charge in [0.1, 0.15) is 0 Å². The largest absolute Gasteiger partial charge is 0.192 e. The van der Waals surface area contributed by atoms with Crippen LogP contribution in [0.25, 0.3) is 10.1 Å². The molecule has 0 atom stereocenters. The van der Waals surface area contributed by atoms with E-state index in [0.717, 1.165) is 21.8 Å². The fourth-order valence-corrected chi connectivity index (χ4v) is 3.62. The molecular formula is C11H8BrNS. The first-order valence-electron chi connectivity index (χ1n) is 4.38. The number of nitriles is 1. The van der Waals surface area contributed by atoms with Crippen LogP contribution in [0.1, 0.15) is 17.4 Å². The minimum Gasteiger partial charge on any atom is -0.192 e. The fraction of sp³-hybridized carbons (Fsp3) is 0.182. The Hall–Kier alpha value is -0.850. The van der Waals surface area contributed by atoms with Gasteiger partial charge in [0.05, 0.1) is 11.6 Å². The SMILES string of the molecule is CCc1sc2cccc(C#N)c2c1Br. The normalized spacial score (nSPS) is 10.4. The third kappa shape index (κ3) is 1.35. The van der Waals surface area contributed by atoms with Gasteiger partial charge in [-0.15, -0.1) is 11.3 Å². The molecule has 1 nitrogen and oxygen atoms in total. The Bertz CT molecular complexity index is 522. The van der Waals surface area contributed by atoms with E-state index in [9.17, 15) is 0 Å². The van der Waals surface area contributed by atoms with Gasteiger partial charge in [0, 0.05) is 19.4 Å². The van der Waals surface area contributed by atoms with E-state index in [1.807, 2.05) is 12.1 Å². The van der Waals surface area contributed by atoms with Gasteiger partial charge in [-0.3, -0.25) is 0 Å². The predicted octanol–water partition coefficient (Wildman–Crippen LogP) is 4.10. The average molecular weight is 266 g/mol. The molecule has 0 bridgehead atoms. The fourth-order valence-electron chi connectivity index (χ4n) is 1.48. The summed E-state index contributed by atoms with van der Waals surface area (Å²) in [6.07, 6.45) is 1.00. The smallest absolute Gasteiger partial charge is 0.0998 e. The van der Waals surface area contributed by atoms with Gasteiger partial charge >= 0.3 is 0 Å². The number of benzene rings is 1. The van der Waals surface area contributed by atoms with Crippen molar-refractivity contribution in [2.24, 2.45) is 0 Å². The molecule has 0 saturated carbocycles. The van der Waals surface area contributed by atoms with E-state index in [4.69, 9.17) is 5.26 Å². The van der Waals surface area contributed by atoms with E-state index in [1.54, 1.807) is 11.3 Å². The number of thiophene rings is 1. The summed E-state index contributed by atoms with van der Waals surface area (Å²) >= 11 is 5.32. The first-order chi connectivity index (χ1) is 6.77. The van der Waals surface area contributed by atoms with E-state index < -0.39 is 0 Å². The third-order valence-corrected chi connectivity index (χ3v) is 4.60. The molecule has 0 saturated heterocycles. The zero-order valence-electron chi connectivity index (χ0n) is 7.67. The molecule has 1 heterocycles. The second kappa shape index (κ2) is 3.72. The van der Waals surface area contributed by atoms with Crippen LogP contribution in [0.3, 0.4) is 0 Å². The molecule has 2 aromatic rings. The van der Waals surface area contributed by atoms with Crippen molar-refractivity contribution in [3.05, 3.63) is 33.1 Å². The quantitative estimate of drug-likeness (QED) is 0.762. The van der Waals surface area contributed by atoms with Gasteiger partial charge in [0.15, 0.2) is 0 Å². The van der Waals surface area contributed by atoms with Crippen molar-refractivity contribution < 1.29 is 0 Å². The molecule has 0 aliphatic carbocycles. The van der Waals surface area contributed by atoms with Crippen molar-refractivity contribution in [2.75, 3.05) is 0 Å². The summed E-state index contributed by atoms with van der Waals surface area (Å²) in [6.45, 7) is 2.13. The summed E-state index contributed by atoms with van der Waals surface area (Å²) < 4.78 is 2.28. The number of hydrogen-bond acceptors (Lipinski definition) is 2. The Morgan fingerprint density at radius 2 is 2.29 bits per heavy atom. The van der Waals surface area contributed by atoms with Crippen LogP contribution < -0.4 is 0 Å². The lowest BCUT2D eigenvalue weighted by atomic mass is 10.1. The minimum absolute atomic E-state index is 0.755. The highest BCUT2D eigenvalue weighted by atomic mass is 79.9. The molecular weight excluding hydrogens is 258 g/mol.